The summed E-state index contributed by atoms with van der Waals surface area (Å²) in [4.78, 5) is 18.1. The van der Waals surface area contributed by atoms with E-state index in [1.807, 2.05) is 13.8 Å². The van der Waals surface area contributed by atoms with Crippen molar-refractivity contribution in [2.45, 2.75) is 27.3 Å². The maximum atomic E-state index is 11.4. The smallest absolute Gasteiger partial charge is 0.241 e. The van der Waals surface area contributed by atoms with Crippen molar-refractivity contribution in [1.29, 1.82) is 0 Å². The fourth-order valence-corrected chi connectivity index (χ4v) is 2.33. The highest BCUT2D eigenvalue weighted by Crippen LogP contribution is 2.14. The molecule has 0 spiro atoms. The summed E-state index contributed by atoms with van der Waals surface area (Å²) in [6, 6.07) is 4.20. The molecule has 1 amide bonds. The number of likely N-dealkylation sites (N-methyl/N-ethyl adjacent to an activating group) is 1. The molecule has 6 heteroatoms. The fraction of sp³-hybridized carbons (Fsp3) is 0.538. The third-order valence-corrected chi connectivity index (χ3v) is 3.33. The Labute approximate surface area is 118 Å². The lowest BCUT2D eigenvalue weighted by Crippen LogP contribution is -2.38. The number of rotatable bonds is 6. The van der Waals surface area contributed by atoms with E-state index in [-0.39, 0.29) is 12.5 Å². The molecule has 1 rings (SSSR count). The van der Waals surface area contributed by atoms with Crippen molar-refractivity contribution in [2.75, 3.05) is 19.6 Å². The molecule has 0 saturated heterocycles. The first-order chi connectivity index (χ1) is 9.15. The van der Waals surface area contributed by atoms with Gasteiger partial charge in [0.2, 0.25) is 5.91 Å². The van der Waals surface area contributed by atoms with E-state index in [1.54, 1.807) is 11.3 Å². The molecule has 0 saturated carbocycles. The minimum Gasteiger partial charge on any atom is -0.357 e. The van der Waals surface area contributed by atoms with Gasteiger partial charge in [0, 0.05) is 22.8 Å². The summed E-state index contributed by atoms with van der Waals surface area (Å²) < 4.78 is 0. The molecular formula is C13H22N4OS. The Kier molecular flexibility index (Phi) is 6.95. The van der Waals surface area contributed by atoms with Gasteiger partial charge in [-0.25, -0.2) is 4.99 Å². The predicted octanol–water partition coefficient (Wildman–Crippen LogP) is 1.25. The van der Waals surface area contributed by atoms with Gasteiger partial charge in [0.05, 0.1) is 6.54 Å². The summed E-state index contributed by atoms with van der Waals surface area (Å²) in [5, 5.41) is 9.06. The van der Waals surface area contributed by atoms with Crippen LogP contribution in [0.5, 0.6) is 0 Å². The number of carbonyl (C=O) groups is 1. The van der Waals surface area contributed by atoms with Crippen molar-refractivity contribution in [2.24, 2.45) is 4.99 Å². The number of guanidine groups is 1. The fourth-order valence-electron chi connectivity index (χ4n) is 1.50. The number of hydrogen-bond acceptors (Lipinski definition) is 3. The van der Waals surface area contributed by atoms with E-state index >= 15 is 0 Å². The first kappa shape index (κ1) is 15.5. The Morgan fingerprint density at radius 1 is 1.21 bits per heavy atom. The highest BCUT2D eigenvalue weighted by molar-refractivity contribution is 7.11. The van der Waals surface area contributed by atoms with Crippen LogP contribution < -0.4 is 16.0 Å². The second-order valence-electron chi connectivity index (χ2n) is 4.01. The molecule has 106 valence electrons. The van der Waals surface area contributed by atoms with Crippen molar-refractivity contribution < 1.29 is 4.79 Å². The molecule has 0 aliphatic rings. The minimum atomic E-state index is -0.0633. The van der Waals surface area contributed by atoms with E-state index in [0.717, 1.165) is 13.1 Å². The van der Waals surface area contributed by atoms with Crippen LogP contribution in [0.4, 0.5) is 0 Å². The second kappa shape index (κ2) is 8.53. The number of aryl methyl sites for hydroxylation is 1. The molecule has 0 fully saturated rings. The Balaban J connectivity index is 2.47. The van der Waals surface area contributed by atoms with Crippen LogP contribution in [0.2, 0.25) is 0 Å². The molecule has 1 heterocycles. The number of hydrogen-bond donors (Lipinski definition) is 3. The first-order valence-corrected chi connectivity index (χ1v) is 7.31. The molecule has 0 radical (unpaired) electrons. The van der Waals surface area contributed by atoms with E-state index < -0.39 is 0 Å². The molecule has 1 aromatic rings. The summed E-state index contributed by atoms with van der Waals surface area (Å²) in [6.45, 7) is 8.25. The van der Waals surface area contributed by atoms with Crippen LogP contribution in [-0.4, -0.2) is 31.5 Å². The summed E-state index contributed by atoms with van der Waals surface area (Å²) in [6.07, 6.45) is 0. The van der Waals surface area contributed by atoms with Crippen LogP contribution >= 0.6 is 11.3 Å². The predicted molar refractivity (Wildman–Crippen MR) is 80.6 cm³/mol. The molecule has 0 unspecified atom stereocenters. The molecule has 3 N–H and O–H groups in total. The van der Waals surface area contributed by atoms with Gasteiger partial charge in [0.25, 0.3) is 0 Å². The van der Waals surface area contributed by atoms with Crippen molar-refractivity contribution in [3.05, 3.63) is 21.9 Å². The van der Waals surface area contributed by atoms with Gasteiger partial charge in [-0.3, -0.25) is 4.79 Å². The average molecular weight is 282 g/mol. The molecule has 5 nitrogen and oxygen atoms in total. The normalized spacial score (nSPS) is 11.2. The van der Waals surface area contributed by atoms with Crippen molar-refractivity contribution in [3.63, 3.8) is 0 Å². The molecular weight excluding hydrogens is 260 g/mol. The number of aliphatic imine (C=N–C) groups is 1. The molecule has 0 aliphatic heterocycles. The lowest BCUT2D eigenvalue weighted by Gasteiger charge is -2.10. The lowest BCUT2D eigenvalue weighted by molar-refractivity contribution is -0.119. The van der Waals surface area contributed by atoms with Gasteiger partial charge >= 0.3 is 0 Å². The molecule has 0 bridgehead atoms. The van der Waals surface area contributed by atoms with Gasteiger partial charge in [-0.1, -0.05) is 0 Å². The van der Waals surface area contributed by atoms with E-state index in [9.17, 15) is 4.79 Å². The molecule has 19 heavy (non-hydrogen) atoms. The van der Waals surface area contributed by atoms with E-state index in [2.05, 4.69) is 40.0 Å². The van der Waals surface area contributed by atoms with E-state index in [0.29, 0.717) is 12.5 Å². The minimum absolute atomic E-state index is 0.0633. The van der Waals surface area contributed by atoms with Gasteiger partial charge < -0.3 is 16.0 Å². The molecule has 0 atom stereocenters. The van der Waals surface area contributed by atoms with Crippen molar-refractivity contribution in [3.8, 4) is 0 Å². The Morgan fingerprint density at radius 2 is 1.95 bits per heavy atom. The Bertz CT molecular complexity index is 428. The SMILES string of the molecule is CCNC(=O)CN=C(NCC)NCc1ccc(C)s1. The number of nitrogens with zero attached hydrogens (tertiary/aromatic N) is 1. The van der Waals surface area contributed by atoms with E-state index in [4.69, 9.17) is 0 Å². The molecule has 0 aliphatic carbocycles. The number of amides is 1. The second-order valence-corrected chi connectivity index (χ2v) is 5.39. The van der Waals surface area contributed by atoms with Gasteiger partial charge in [-0.05, 0) is 32.9 Å². The quantitative estimate of drug-likeness (QED) is 0.543. The maximum absolute atomic E-state index is 11.4. The first-order valence-electron chi connectivity index (χ1n) is 6.49. The van der Waals surface area contributed by atoms with Crippen LogP contribution in [0.1, 0.15) is 23.6 Å². The lowest BCUT2D eigenvalue weighted by atomic mass is 10.4. The van der Waals surface area contributed by atoms with Gasteiger partial charge in [-0.15, -0.1) is 11.3 Å². The molecule has 0 aromatic carbocycles. The Hall–Kier alpha value is -1.56. The number of nitrogens with one attached hydrogen (secondary N) is 3. The van der Waals surface area contributed by atoms with Crippen LogP contribution in [0.25, 0.3) is 0 Å². The summed E-state index contributed by atoms with van der Waals surface area (Å²) in [7, 11) is 0. The van der Waals surface area contributed by atoms with Gasteiger partial charge in [-0.2, -0.15) is 0 Å². The zero-order valence-electron chi connectivity index (χ0n) is 11.7. The summed E-state index contributed by atoms with van der Waals surface area (Å²) in [5.74, 6) is 0.603. The van der Waals surface area contributed by atoms with Gasteiger partial charge in [0.15, 0.2) is 5.96 Å². The average Bonchev–Trinajstić information content (AvgIpc) is 2.79. The maximum Gasteiger partial charge on any atom is 0.241 e. The highest BCUT2D eigenvalue weighted by atomic mass is 32.1. The van der Waals surface area contributed by atoms with Crippen LogP contribution in [0.3, 0.4) is 0 Å². The van der Waals surface area contributed by atoms with Crippen molar-refractivity contribution in [1.82, 2.24) is 16.0 Å². The van der Waals surface area contributed by atoms with Crippen LogP contribution in [0, 0.1) is 6.92 Å². The number of thiophene rings is 1. The molecule has 1 aromatic heterocycles. The monoisotopic (exact) mass is 282 g/mol. The van der Waals surface area contributed by atoms with Crippen molar-refractivity contribution >= 4 is 23.2 Å². The van der Waals surface area contributed by atoms with E-state index in [1.165, 1.54) is 9.75 Å². The summed E-state index contributed by atoms with van der Waals surface area (Å²) >= 11 is 1.76. The third kappa shape index (κ3) is 6.24. The third-order valence-electron chi connectivity index (χ3n) is 2.33. The van der Waals surface area contributed by atoms with Gasteiger partial charge in [0.1, 0.15) is 6.54 Å². The zero-order chi connectivity index (χ0) is 14.1. The Morgan fingerprint density at radius 3 is 2.53 bits per heavy atom. The zero-order valence-corrected chi connectivity index (χ0v) is 12.6. The topological polar surface area (TPSA) is 65.5 Å². The largest absolute Gasteiger partial charge is 0.357 e. The summed E-state index contributed by atoms with van der Waals surface area (Å²) in [5.41, 5.74) is 0. The number of carbonyl (C=O) groups excluding carboxylic acids is 1. The standard InChI is InChI=1S/C13H22N4OS/c1-4-14-12(18)9-17-13(15-5-2)16-8-11-7-6-10(3)19-11/h6-7H,4-5,8-9H2,1-3H3,(H,14,18)(H2,15,16,17). The van der Waals surface area contributed by atoms with Crippen LogP contribution in [0.15, 0.2) is 17.1 Å². The van der Waals surface area contributed by atoms with Crippen LogP contribution in [-0.2, 0) is 11.3 Å². The highest BCUT2D eigenvalue weighted by Gasteiger charge is 2.02.